The molecule has 1 atom stereocenters. The number of carbonyl (C=O) groups is 1. The zero-order valence-corrected chi connectivity index (χ0v) is 16.2. The third-order valence-corrected chi connectivity index (χ3v) is 6.17. The van der Waals surface area contributed by atoms with E-state index in [2.05, 4.69) is 10.2 Å². The topological polar surface area (TPSA) is 57.0 Å². The van der Waals surface area contributed by atoms with Crippen LogP contribution in [0.4, 0.5) is 0 Å². The Balaban J connectivity index is 1.45. The number of fused-ring (bicyclic) bond motifs is 1. The SMILES string of the molecule is Cc1ccccc1OCc1nnc(S[C@H]2CCc3ccccc3C2=O)n1C. The molecule has 0 bridgehead atoms. The number of aromatic nitrogens is 3. The standard InChI is InChI=1S/C21H21N3O2S/c1-14-7-3-6-10-17(14)26-13-19-22-23-21(24(19)2)27-18-12-11-15-8-4-5-9-16(15)20(18)25/h3-10,18H,11-13H2,1-2H3/t18-/m0/s1. The van der Waals surface area contributed by atoms with Gasteiger partial charge in [0, 0.05) is 12.6 Å². The minimum absolute atomic E-state index is 0.118. The molecule has 1 aliphatic rings. The van der Waals surface area contributed by atoms with E-state index in [1.165, 1.54) is 11.8 Å². The van der Waals surface area contributed by atoms with Gasteiger partial charge in [-0.1, -0.05) is 54.2 Å². The number of carbonyl (C=O) groups excluding carboxylic acids is 1. The van der Waals surface area contributed by atoms with Crippen LogP contribution in [0.5, 0.6) is 5.75 Å². The molecule has 0 N–H and O–H groups in total. The average Bonchev–Trinajstić information content (AvgIpc) is 3.03. The fourth-order valence-corrected chi connectivity index (χ4v) is 4.32. The summed E-state index contributed by atoms with van der Waals surface area (Å²) in [6, 6.07) is 15.8. The molecule has 0 aliphatic heterocycles. The summed E-state index contributed by atoms with van der Waals surface area (Å²) in [6.07, 6.45) is 1.74. The molecule has 0 saturated heterocycles. The first kappa shape index (κ1) is 17.8. The Kier molecular flexibility index (Phi) is 4.99. The van der Waals surface area contributed by atoms with E-state index in [-0.39, 0.29) is 11.0 Å². The Morgan fingerprint density at radius 3 is 2.78 bits per heavy atom. The quantitative estimate of drug-likeness (QED) is 0.671. The van der Waals surface area contributed by atoms with Crippen LogP contribution in [0.15, 0.2) is 53.7 Å². The van der Waals surface area contributed by atoms with Gasteiger partial charge in [0.15, 0.2) is 16.8 Å². The number of ketones is 1. The second kappa shape index (κ2) is 7.56. The lowest BCUT2D eigenvalue weighted by atomic mass is 9.90. The van der Waals surface area contributed by atoms with Crippen LogP contribution in [0, 0.1) is 6.92 Å². The summed E-state index contributed by atoms with van der Waals surface area (Å²) in [5, 5.41) is 9.16. The lowest BCUT2D eigenvalue weighted by Gasteiger charge is -2.22. The summed E-state index contributed by atoms with van der Waals surface area (Å²) < 4.78 is 7.79. The van der Waals surface area contributed by atoms with Crippen LogP contribution in [0.1, 0.15) is 33.7 Å². The van der Waals surface area contributed by atoms with Gasteiger partial charge in [-0.05, 0) is 37.0 Å². The van der Waals surface area contributed by atoms with Crippen molar-refractivity contribution in [2.45, 2.75) is 36.8 Å². The third-order valence-electron chi connectivity index (χ3n) is 4.87. The van der Waals surface area contributed by atoms with Crippen LogP contribution < -0.4 is 4.74 Å². The van der Waals surface area contributed by atoms with Crippen LogP contribution in [-0.2, 0) is 20.1 Å². The number of nitrogens with zero attached hydrogens (tertiary/aromatic N) is 3. The van der Waals surface area contributed by atoms with E-state index in [4.69, 9.17) is 4.74 Å². The highest BCUT2D eigenvalue weighted by atomic mass is 32.2. The predicted molar refractivity (Wildman–Crippen MR) is 105 cm³/mol. The molecule has 1 heterocycles. The number of rotatable bonds is 5. The molecule has 27 heavy (non-hydrogen) atoms. The van der Waals surface area contributed by atoms with Crippen molar-refractivity contribution in [3.63, 3.8) is 0 Å². The molecule has 2 aromatic carbocycles. The van der Waals surface area contributed by atoms with Crippen molar-refractivity contribution in [2.24, 2.45) is 7.05 Å². The van der Waals surface area contributed by atoms with Crippen molar-refractivity contribution in [3.8, 4) is 5.75 Å². The van der Waals surface area contributed by atoms with Gasteiger partial charge in [-0.2, -0.15) is 0 Å². The molecule has 0 fully saturated rings. The van der Waals surface area contributed by atoms with Crippen LogP contribution in [0.25, 0.3) is 0 Å². The van der Waals surface area contributed by atoms with Crippen LogP contribution in [0.2, 0.25) is 0 Å². The number of thioether (sulfide) groups is 1. The van der Waals surface area contributed by atoms with Gasteiger partial charge in [0.05, 0.1) is 5.25 Å². The van der Waals surface area contributed by atoms with Crippen molar-refractivity contribution < 1.29 is 9.53 Å². The Labute approximate surface area is 162 Å². The molecule has 0 radical (unpaired) electrons. The molecule has 0 saturated carbocycles. The summed E-state index contributed by atoms with van der Waals surface area (Å²) in [4.78, 5) is 12.8. The highest BCUT2D eigenvalue weighted by molar-refractivity contribution is 8.00. The van der Waals surface area contributed by atoms with Crippen molar-refractivity contribution >= 4 is 17.5 Å². The van der Waals surface area contributed by atoms with Gasteiger partial charge >= 0.3 is 0 Å². The predicted octanol–water partition coefficient (Wildman–Crippen LogP) is 3.99. The lowest BCUT2D eigenvalue weighted by molar-refractivity contribution is 0.0979. The summed E-state index contributed by atoms with van der Waals surface area (Å²) in [5.74, 6) is 1.76. The molecule has 0 unspecified atom stereocenters. The van der Waals surface area contributed by atoms with Gasteiger partial charge in [-0.25, -0.2) is 0 Å². The van der Waals surface area contributed by atoms with E-state index in [9.17, 15) is 4.79 Å². The minimum atomic E-state index is -0.118. The largest absolute Gasteiger partial charge is 0.485 e. The number of ether oxygens (including phenoxy) is 1. The fraction of sp³-hybridized carbons (Fsp3) is 0.286. The molecule has 1 aliphatic carbocycles. The Hall–Kier alpha value is -2.60. The molecule has 0 amide bonds. The molecule has 3 aromatic rings. The second-order valence-electron chi connectivity index (χ2n) is 6.68. The zero-order valence-electron chi connectivity index (χ0n) is 15.4. The number of benzene rings is 2. The molecule has 4 rings (SSSR count). The maximum absolute atomic E-state index is 12.8. The van der Waals surface area contributed by atoms with Gasteiger partial charge in [0.1, 0.15) is 12.4 Å². The van der Waals surface area contributed by atoms with Crippen LogP contribution in [0.3, 0.4) is 0 Å². The molecule has 138 valence electrons. The molecule has 1 aromatic heterocycles. The third kappa shape index (κ3) is 3.62. The van der Waals surface area contributed by atoms with E-state index in [1.54, 1.807) is 0 Å². The second-order valence-corrected chi connectivity index (χ2v) is 7.85. The molecule has 0 spiro atoms. The van der Waals surface area contributed by atoms with E-state index < -0.39 is 0 Å². The highest BCUT2D eigenvalue weighted by Gasteiger charge is 2.29. The number of Topliss-reactive ketones (excluding diaryl/α,β-unsaturated/α-hetero) is 1. The molecular formula is C21H21N3O2S. The van der Waals surface area contributed by atoms with Crippen molar-refractivity contribution in [1.82, 2.24) is 14.8 Å². The van der Waals surface area contributed by atoms with Crippen LogP contribution >= 0.6 is 11.8 Å². The van der Waals surface area contributed by atoms with Gasteiger partial charge in [0.2, 0.25) is 0 Å². The summed E-state index contributed by atoms with van der Waals surface area (Å²) in [5.41, 5.74) is 3.07. The maximum atomic E-state index is 12.8. The van der Waals surface area contributed by atoms with Gasteiger partial charge in [0.25, 0.3) is 0 Å². The van der Waals surface area contributed by atoms with E-state index in [0.29, 0.717) is 6.61 Å². The van der Waals surface area contributed by atoms with Gasteiger partial charge < -0.3 is 9.30 Å². The molecule has 6 heteroatoms. The lowest BCUT2D eigenvalue weighted by Crippen LogP contribution is -2.25. The number of hydrogen-bond acceptors (Lipinski definition) is 5. The minimum Gasteiger partial charge on any atom is -0.485 e. The maximum Gasteiger partial charge on any atom is 0.191 e. The number of aryl methyl sites for hydroxylation is 2. The normalized spacial score (nSPS) is 16.2. The van der Waals surface area contributed by atoms with Gasteiger partial charge in [-0.3, -0.25) is 4.79 Å². The number of para-hydroxylation sites is 1. The van der Waals surface area contributed by atoms with E-state index in [1.807, 2.05) is 67.1 Å². The Morgan fingerprint density at radius 1 is 1.15 bits per heavy atom. The number of hydrogen-bond donors (Lipinski definition) is 0. The monoisotopic (exact) mass is 379 g/mol. The summed E-state index contributed by atoms with van der Waals surface area (Å²) in [6.45, 7) is 2.36. The van der Waals surface area contributed by atoms with E-state index in [0.717, 1.165) is 46.3 Å². The van der Waals surface area contributed by atoms with Crippen LogP contribution in [-0.4, -0.2) is 25.8 Å². The van der Waals surface area contributed by atoms with Crippen molar-refractivity contribution in [2.75, 3.05) is 0 Å². The molecular weight excluding hydrogens is 358 g/mol. The highest BCUT2D eigenvalue weighted by Crippen LogP contribution is 2.32. The molecule has 5 nitrogen and oxygen atoms in total. The first-order valence-corrected chi connectivity index (χ1v) is 9.87. The first-order chi connectivity index (χ1) is 13.1. The van der Waals surface area contributed by atoms with Crippen molar-refractivity contribution in [1.29, 1.82) is 0 Å². The van der Waals surface area contributed by atoms with Gasteiger partial charge in [-0.15, -0.1) is 10.2 Å². The fourth-order valence-electron chi connectivity index (χ4n) is 3.24. The summed E-state index contributed by atoms with van der Waals surface area (Å²) in [7, 11) is 1.92. The van der Waals surface area contributed by atoms with Crippen molar-refractivity contribution in [3.05, 3.63) is 71.0 Å². The van der Waals surface area contributed by atoms with E-state index >= 15 is 0 Å². The Morgan fingerprint density at radius 2 is 1.93 bits per heavy atom. The average molecular weight is 379 g/mol. The Bertz CT molecular complexity index is 983. The smallest absolute Gasteiger partial charge is 0.191 e. The summed E-state index contributed by atoms with van der Waals surface area (Å²) >= 11 is 1.49. The first-order valence-electron chi connectivity index (χ1n) is 8.99. The zero-order chi connectivity index (χ0) is 18.8.